The molecule has 2 aromatic heterocycles. The molecule has 3 N–H and O–H groups in total. The van der Waals surface area contributed by atoms with Crippen LogP contribution in [0.5, 0.6) is 11.5 Å². The van der Waals surface area contributed by atoms with E-state index in [4.69, 9.17) is 20.2 Å². The Balaban J connectivity index is 1.74. The lowest BCUT2D eigenvalue weighted by Gasteiger charge is -2.23. The van der Waals surface area contributed by atoms with Crippen LogP contribution in [-0.2, 0) is 0 Å². The van der Waals surface area contributed by atoms with Crippen molar-refractivity contribution in [2.75, 3.05) is 18.5 Å². The van der Waals surface area contributed by atoms with E-state index in [9.17, 15) is 0 Å². The first-order valence-corrected chi connectivity index (χ1v) is 9.04. The molecule has 25 heavy (non-hydrogen) atoms. The number of aliphatic imine (C=N–C) groups is 1. The largest absolute Gasteiger partial charge is 0.489 e. The van der Waals surface area contributed by atoms with Crippen molar-refractivity contribution in [1.82, 2.24) is 9.55 Å². The summed E-state index contributed by atoms with van der Waals surface area (Å²) < 4.78 is 13.7. The van der Waals surface area contributed by atoms with E-state index >= 15 is 0 Å². The Morgan fingerprint density at radius 3 is 2.84 bits per heavy atom. The summed E-state index contributed by atoms with van der Waals surface area (Å²) in [7, 11) is 0. The van der Waals surface area contributed by atoms with Gasteiger partial charge in [0.05, 0.1) is 29.1 Å². The number of nitrogens with one attached hydrogen (secondary N) is 1. The Kier molecular flexibility index (Phi) is 3.14. The standard InChI is InChI=1S/C17H17N5O2S/c1-9-3-6-25-14(9)15-20-16(18)21-17-19-10-7-12-13(8-11(10)22(15)17)24-5-2-4-23-12/h3,6-8,15H,2,4-5H2,1H3,(H3,18,19,20,21)/t15-/m0/s1. The number of thiophene rings is 1. The Bertz CT molecular complexity index is 1010. The summed E-state index contributed by atoms with van der Waals surface area (Å²) in [6.07, 6.45) is 0.641. The summed E-state index contributed by atoms with van der Waals surface area (Å²) in [5, 5.41) is 5.14. The van der Waals surface area contributed by atoms with E-state index in [0.717, 1.165) is 33.8 Å². The van der Waals surface area contributed by atoms with Crippen molar-refractivity contribution < 1.29 is 9.47 Å². The smallest absolute Gasteiger partial charge is 0.212 e. The fourth-order valence-electron chi connectivity index (χ4n) is 3.25. The molecule has 0 spiro atoms. The predicted molar refractivity (Wildman–Crippen MR) is 97.8 cm³/mol. The van der Waals surface area contributed by atoms with Gasteiger partial charge in [0.25, 0.3) is 0 Å². The van der Waals surface area contributed by atoms with Gasteiger partial charge in [-0.2, -0.15) is 0 Å². The number of aryl methyl sites for hydroxylation is 1. The van der Waals surface area contributed by atoms with E-state index in [1.165, 1.54) is 5.56 Å². The molecule has 5 rings (SSSR count). The van der Waals surface area contributed by atoms with Gasteiger partial charge in [0.15, 0.2) is 23.6 Å². The van der Waals surface area contributed by atoms with Crippen LogP contribution in [0.2, 0.25) is 0 Å². The van der Waals surface area contributed by atoms with Crippen molar-refractivity contribution in [2.45, 2.75) is 19.5 Å². The van der Waals surface area contributed by atoms with Gasteiger partial charge in [-0.1, -0.05) is 0 Å². The Morgan fingerprint density at radius 2 is 2.08 bits per heavy atom. The van der Waals surface area contributed by atoms with Crippen molar-refractivity contribution in [1.29, 1.82) is 0 Å². The maximum atomic E-state index is 6.00. The fraction of sp³-hybridized carbons (Fsp3) is 0.294. The van der Waals surface area contributed by atoms with E-state index in [-0.39, 0.29) is 6.17 Å². The minimum Gasteiger partial charge on any atom is -0.489 e. The van der Waals surface area contributed by atoms with Gasteiger partial charge in [-0.15, -0.1) is 11.3 Å². The highest BCUT2D eigenvalue weighted by molar-refractivity contribution is 7.10. The third kappa shape index (κ3) is 2.25. The minimum atomic E-state index is -0.231. The Morgan fingerprint density at radius 1 is 1.28 bits per heavy atom. The van der Waals surface area contributed by atoms with Crippen LogP contribution in [0, 0.1) is 6.92 Å². The van der Waals surface area contributed by atoms with E-state index in [2.05, 4.69) is 33.2 Å². The fourth-order valence-corrected chi connectivity index (χ4v) is 4.20. The van der Waals surface area contributed by atoms with Crippen molar-refractivity contribution in [3.05, 3.63) is 34.0 Å². The summed E-state index contributed by atoms with van der Waals surface area (Å²) in [5.41, 5.74) is 8.97. The number of nitrogens with two attached hydrogens (primary N) is 1. The number of imidazole rings is 1. The van der Waals surface area contributed by atoms with Gasteiger partial charge in [-0.25, -0.2) is 9.98 Å². The van der Waals surface area contributed by atoms with E-state index < -0.39 is 0 Å². The second-order valence-corrected chi connectivity index (χ2v) is 7.07. The van der Waals surface area contributed by atoms with E-state index in [1.807, 2.05) is 12.1 Å². The third-order valence-electron chi connectivity index (χ3n) is 4.44. The molecule has 0 fully saturated rings. The molecular formula is C17H17N5O2S. The summed E-state index contributed by atoms with van der Waals surface area (Å²) in [6.45, 7) is 3.38. The maximum absolute atomic E-state index is 6.00. The summed E-state index contributed by atoms with van der Waals surface area (Å²) >= 11 is 1.67. The molecule has 0 unspecified atom stereocenters. The molecule has 0 bridgehead atoms. The lowest BCUT2D eigenvalue weighted by atomic mass is 10.2. The number of aromatic nitrogens is 2. The Labute approximate surface area is 148 Å². The number of anilines is 1. The number of fused-ring (bicyclic) bond motifs is 4. The van der Waals surface area contributed by atoms with Crippen molar-refractivity contribution in [3.63, 3.8) is 0 Å². The molecule has 7 nitrogen and oxygen atoms in total. The van der Waals surface area contributed by atoms with Gasteiger partial charge >= 0.3 is 0 Å². The molecule has 0 aliphatic carbocycles. The molecule has 1 aromatic carbocycles. The second-order valence-electron chi connectivity index (χ2n) is 6.12. The first kappa shape index (κ1) is 14.6. The first-order chi connectivity index (χ1) is 12.2. The molecule has 1 atom stereocenters. The van der Waals surface area contributed by atoms with Gasteiger partial charge in [0, 0.05) is 18.6 Å². The molecule has 0 saturated heterocycles. The molecule has 0 radical (unpaired) electrons. The normalized spacial score (nSPS) is 19.1. The minimum absolute atomic E-state index is 0.231. The van der Waals surface area contributed by atoms with Crippen molar-refractivity contribution in [2.24, 2.45) is 10.7 Å². The number of benzene rings is 1. The number of rotatable bonds is 1. The number of guanidine groups is 1. The highest BCUT2D eigenvalue weighted by Gasteiger charge is 2.28. The van der Waals surface area contributed by atoms with Crippen LogP contribution in [0.25, 0.3) is 11.0 Å². The molecule has 4 heterocycles. The maximum Gasteiger partial charge on any atom is 0.212 e. The van der Waals surface area contributed by atoms with Gasteiger partial charge in [-0.3, -0.25) is 9.88 Å². The predicted octanol–water partition coefficient (Wildman–Crippen LogP) is 2.85. The van der Waals surface area contributed by atoms with Crippen LogP contribution in [0.3, 0.4) is 0 Å². The number of hydrogen-bond donors (Lipinski definition) is 2. The summed E-state index contributed by atoms with van der Waals surface area (Å²) in [6, 6.07) is 6.01. The summed E-state index contributed by atoms with van der Waals surface area (Å²) in [5.74, 6) is 2.53. The first-order valence-electron chi connectivity index (χ1n) is 8.16. The highest BCUT2D eigenvalue weighted by Crippen LogP contribution is 2.40. The zero-order chi connectivity index (χ0) is 17.0. The molecule has 2 aliphatic heterocycles. The van der Waals surface area contributed by atoms with Crippen LogP contribution < -0.4 is 20.5 Å². The molecular weight excluding hydrogens is 338 g/mol. The highest BCUT2D eigenvalue weighted by atomic mass is 32.1. The second kappa shape index (κ2) is 5.38. The zero-order valence-corrected chi connectivity index (χ0v) is 14.5. The molecule has 0 amide bonds. The average molecular weight is 355 g/mol. The van der Waals surface area contributed by atoms with E-state index in [1.54, 1.807) is 11.3 Å². The topological polar surface area (TPSA) is 86.7 Å². The molecule has 128 valence electrons. The Hall–Kier alpha value is -2.74. The quantitative estimate of drug-likeness (QED) is 0.701. The van der Waals surface area contributed by atoms with Crippen LogP contribution in [0.15, 0.2) is 28.6 Å². The van der Waals surface area contributed by atoms with Gasteiger partial charge in [0.2, 0.25) is 5.95 Å². The molecule has 8 heteroatoms. The third-order valence-corrected chi connectivity index (χ3v) is 5.50. The SMILES string of the molecule is Cc1ccsc1[C@H]1N=C(N)Nc2nc3cc4c(cc3n21)OCCCO4. The van der Waals surface area contributed by atoms with Crippen LogP contribution in [0.4, 0.5) is 5.95 Å². The molecule has 3 aromatic rings. The van der Waals surface area contributed by atoms with Gasteiger partial charge in [0.1, 0.15) is 0 Å². The van der Waals surface area contributed by atoms with Crippen LogP contribution in [0.1, 0.15) is 23.0 Å². The van der Waals surface area contributed by atoms with Gasteiger partial charge < -0.3 is 15.2 Å². The number of nitrogens with zero attached hydrogens (tertiary/aromatic N) is 3. The number of ether oxygens (including phenoxy) is 2. The van der Waals surface area contributed by atoms with Gasteiger partial charge in [-0.05, 0) is 23.9 Å². The number of hydrogen-bond acceptors (Lipinski definition) is 7. The van der Waals surface area contributed by atoms with Crippen molar-refractivity contribution >= 4 is 34.3 Å². The molecule has 0 saturated carbocycles. The zero-order valence-electron chi connectivity index (χ0n) is 13.7. The lowest BCUT2D eigenvalue weighted by molar-refractivity contribution is 0.297. The van der Waals surface area contributed by atoms with Crippen LogP contribution in [-0.4, -0.2) is 28.7 Å². The molecule has 2 aliphatic rings. The monoisotopic (exact) mass is 355 g/mol. The summed E-state index contributed by atoms with van der Waals surface area (Å²) in [4.78, 5) is 10.5. The lowest BCUT2D eigenvalue weighted by Crippen LogP contribution is -2.31. The van der Waals surface area contributed by atoms with Crippen LogP contribution >= 0.6 is 11.3 Å². The van der Waals surface area contributed by atoms with Crippen molar-refractivity contribution in [3.8, 4) is 11.5 Å². The average Bonchev–Trinajstić information content (AvgIpc) is 3.08. The van der Waals surface area contributed by atoms with E-state index in [0.29, 0.717) is 25.1 Å².